The SMILES string of the molecule is CC1(CNC(=O)c2cccc(C=CC(=O)O)c2)CCCC1. The van der Waals surface area contributed by atoms with Crippen LogP contribution in [0.3, 0.4) is 0 Å². The molecule has 1 aliphatic carbocycles. The van der Waals surface area contributed by atoms with Crippen molar-refractivity contribution in [1.82, 2.24) is 5.32 Å². The molecule has 0 spiro atoms. The molecule has 2 rings (SSSR count). The molecule has 0 radical (unpaired) electrons. The molecule has 0 bridgehead atoms. The molecule has 4 heteroatoms. The van der Waals surface area contributed by atoms with Crippen molar-refractivity contribution >= 4 is 18.0 Å². The van der Waals surface area contributed by atoms with E-state index >= 15 is 0 Å². The molecule has 112 valence electrons. The van der Waals surface area contributed by atoms with E-state index < -0.39 is 5.97 Å². The van der Waals surface area contributed by atoms with Gasteiger partial charge in [-0.25, -0.2) is 4.79 Å². The number of rotatable bonds is 5. The van der Waals surface area contributed by atoms with Crippen LogP contribution in [0.1, 0.15) is 48.5 Å². The van der Waals surface area contributed by atoms with E-state index in [1.54, 1.807) is 24.3 Å². The summed E-state index contributed by atoms with van der Waals surface area (Å²) in [6.45, 7) is 2.91. The minimum atomic E-state index is -1.00. The Morgan fingerprint density at radius 2 is 2.05 bits per heavy atom. The lowest BCUT2D eigenvalue weighted by molar-refractivity contribution is -0.131. The van der Waals surface area contributed by atoms with E-state index in [1.807, 2.05) is 0 Å². The van der Waals surface area contributed by atoms with Crippen LogP contribution < -0.4 is 5.32 Å². The van der Waals surface area contributed by atoms with Crippen LogP contribution in [0, 0.1) is 5.41 Å². The summed E-state index contributed by atoms with van der Waals surface area (Å²) in [5.74, 6) is -1.10. The molecule has 1 amide bonds. The molecule has 1 aromatic carbocycles. The van der Waals surface area contributed by atoms with Gasteiger partial charge in [0.15, 0.2) is 0 Å². The molecule has 2 N–H and O–H groups in total. The average molecular weight is 287 g/mol. The van der Waals surface area contributed by atoms with Gasteiger partial charge in [0.1, 0.15) is 0 Å². The second kappa shape index (κ2) is 6.57. The molecule has 0 aliphatic heterocycles. The molecule has 0 unspecified atom stereocenters. The molecule has 21 heavy (non-hydrogen) atoms. The number of carbonyl (C=O) groups excluding carboxylic acids is 1. The van der Waals surface area contributed by atoms with Gasteiger partial charge in [0.25, 0.3) is 5.91 Å². The Morgan fingerprint density at radius 1 is 1.33 bits per heavy atom. The zero-order chi connectivity index (χ0) is 15.3. The van der Waals surface area contributed by atoms with Crippen LogP contribution in [0.5, 0.6) is 0 Å². The average Bonchev–Trinajstić information content (AvgIpc) is 2.90. The Hall–Kier alpha value is -2.10. The summed E-state index contributed by atoms with van der Waals surface area (Å²) in [5, 5.41) is 11.6. The third kappa shape index (κ3) is 4.45. The fourth-order valence-electron chi connectivity index (χ4n) is 2.75. The van der Waals surface area contributed by atoms with Crippen LogP contribution in [0.15, 0.2) is 30.3 Å². The number of carbonyl (C=O) groups is 2. The Labute approximate surface area is 124 Å². The van der Waals surface area contributed by atoms with Gasteiger partial charge in [-0.2, -0.15) is 0 Å². The van der Waals surface area contributed by atoms with Crippen LogP contribution in [0.2, 0.25) is 0 Å². The van der Waals surface area contributed by atoms with E-state index in [-0.39, 0.29) is 11.3 Å². The highest BCUT2D eigenvalue weighted by Gasteiger charge is 2.28. The Morgan fingerprint density at radius 3 is 2.71 bits per heavy atom. The van der Waals surface area contributed by atoms with Crippen molar-refractivity contribution in [3.63, 3.8) is 0 Å². The van der Waals surface area contributed by atoms with Crippen molar-refractivity contribution < 1.29 is 14.7 Å². The molecule has 0 aromatic heterocycles. The third-order valence-electron chi connectivity index (χ3n) is 4.05. The summed E-state index contributed by atoms with van der Waals surface area (Å²) < 4.78 is 0. The summed E-state index contributed by atoms with van der Waals surface area (Å²) in [6, 6.07) is 6.97. The predicted octanol–water partition coefficient (Wildman–Crippen LogP) is 3.09. The summed E-state index contributed by atoms with van der Waals surface area (Å²) >= 11 is 0. The maximum absolute atomic E-state index is 12.2. The number of benzene rings is 1. The van der Waals surface area contributed by atoms with E-state index in [0.717, 1.165) is 18.9 Å². The van der Waals surface area contributed by atoms with Gasteiger partial charge in [-0.1, -0.05) is 31.9 Å². The van der Waals surface area contributed by atoms with Crippen LogP contribution >= 0.6 is 0 Å². The lowest BCUT2D eigenvalue weighted by atomic mass is 9.89. The fraction of sp³-hybridized carbons (Fsp3) is 0.412. The number of nitrogens with one attached hydrogen (secondary N) is 1. The summed E-state index contributed by atoms with van der Waals surface area (Å²) in [6.07, 6.45) is 7.35. The summed E-state index contributed by atoms with van der Waals surface area (Å²) in [7, 11) is 0. The first-order valence-electron chi connectivity index (χ1n) is 7.28. The minimum absolute atomic E-state index is 0.103. The fourth-order valence-corrected chi connectivity index (χ4v) is 2.75. The molecule has 1 aromatic rings. The first kappa shape index (κ1) is 15.3. The molecule has 0 atom stereocenters. The van der Waals surface area contributed by atoms with E-state index in [0.29, 0.717) is 17.7 Å². The van der Waals surface area contributed by atoms with Crippen molar-refractivity contribution in [1.29, 1.82) is 0 Å². The lowest BCUT2D eigenvalue weighted by Crippen LogP contribution is -2.34. The Bertz CT molecular complexity index is 557. The van der Waals surface area contributed by atoms with Gasteiger partial charge >= 0.3 is 5.97 Å². The number of hydrogen-bond acceptors (Lipinski definition) is 2. The number of amides is 1. The third-order valence-corrected chi connectivity index (χ3v) is 4.05. The van der Waals surface area contributed by atoms with Gasteiger partial charge in [-0.15, -0.1) is 0 Å². The highest BCUT2D eigenvalue weighted by atomic mass is 16.4. The van der Waals surface area contributed by atoms with Gasteiger partial charge in [0, 0.05) is 18.2 Å². The van der Waals surface area contributed by atoms with Crippen molar-refractivity contribution in [2.75, 3.05) is 6.54 Å². The van der Waals surface area contributed by atoms with Gasteiger partial charge in [-0.05, 0) is 42.0 Å². The highest BCUT2D eigenvalue weighted by Crippen LogP contribution is 2.36. The molecule has 0 heterocycles. The van der Waals surface area contributed by atoms with Gasteiger partial charge in [0.05, 0.1) is 0 Å². The normalized spacial score (nSPS) is 17.0. The largest absolute Gasteiger partial charge is 0.478 e. The zero-order valence-corrected chi connectivity index (χ0v) is 12.3. The van der Waals surface area contributed by atoms with Gasteiger partial charge in [0.2, 0.25) is 0 Å². The Kier molecular flexibility index (Phi) is 4.78. The van der Waals surface area contributed by atoms with Crippen LogP contribution in [-0.4, -0.2) is 23.5 Å². The van der Waals surface area contributed by atoms with Crippen molar-refractivity contribution in [2.24, 2.45) is 5.41 Å². The second-order valence-corrected chi connectivity index (χ2v) is 6.00. The highest BCUT2D eigenvalue weighted by molar-refractivity contribution is 5.95. The quantitative estimate of drug-likeness (QED) is 0.818. The van der Waals surface area contributed by atoms with Gasteiger partial charge in [-0.3, -0.25) is 4.79 Å². The molecule has 0 saturated heterocycles. The molecule has 1 fully saturated rings. The van der Waals surface area contributed by atoms with E-state index in [2.05, 4.69) is 12.2 Å². The monoisotopic (exact) mass is 287 g/mol. The topological polar surface area (TPSA) is 66.4 Å². The number of carboxylic acid groups (broad SMARTS) is 1. The van der Waals surface area contributed by atoms with Crippen molar-refractivity contribution in [3.05, 3.63) is 41.5 Å². The first-order valence-corrected chi connectivity index (χ1v) is 7.28. The maximum Gasteiger partial charge on any atom is 0.328 e. The first-order chi connectivity index (χ1) is 9.98. The molecule has 1 aliphatic rings. The zero-order valence-electron chi connectivity index (χ0n) is 12.3. The minimum Gasteiger partial charge on any atom is -0.478 e. The van der Waals surface area contributed by atoms with Crippen LogP contribution in [0.25, 0.3) is 6.08 Å². The summed E-state index contributed by atoms with van der Waals surface area (Å²) in [4.78, 5) is 22.7. The Balaban J connectivity index is 1.99. The van der Waals surface area contributed by atoms with Crippen LogP contribution in [0.4, 0.5) is 0 Å². The smallest absolute Gasteiger partial charge is 0.328 e. The van der Waals surface area contributed by atoms with Gasteiger partial charge < -0.3 is 10.4 Å². The molecule has 4 nitrogen and oxygen atoms in total. The van der Waals surface area contributed by atoms with E-state index in [1.165, 1.54) is 18.9 Å². The van der Waals surface area contributed by atoms with E-state index in [9.17, 15) is 9.59 Å². The predicted molar refractivity (Wildman–Crippen MR) is 82.0 cm³/mol. The number of aliphatic carboxylic acids is 1. The maximum atomic E-state index is 12.2. The molecular weight excluding hydrogens is 266 g/mol. The van der Waals surface area contributed by atoms with Crippen molar-refractivity contribution in [2.45, 2.75) is 32.6 Å². The lowest BCUT2D eigenvalue weighted by Gasteiger charge is -2.23. The molecule has 1 saturated carbocycles. The number of hydrogen-bond donors (Lipinski definition) is 2. The summed E-state index contributed by atoms with van der Waals surface area (Å²) in [5.41, 5.74) is 1.48. The standard InChI is InChI=1S/C17H21NO3/c1-17(9-2-3-10-17)12-18-16(21)14-6-4-5-13(11-14)7-8-15(19)20/h4-8,11H,2-3,9-10,12H2,1H3,(H,18,21)(H,19,20). The molecular formula is C17H21NO3. The van der Waals surface area contributed by atoms with Crippen molar-refractivity contribution in [3.8, 4) is 0 Å². The van der Waals surface area contributed by atoms with Crippen LogP contribution in [-0.2, 0) is 4.79 Å². The van der Waals surface area contributed by atoms with E-state index in [4.69, 9.17) is 5.11 Å². The number of carboxylic acids is 1. The second-order valence-electron chi connectivity index (χ2n) is 6.00.